The maximum Gasteiger partial charge on any atom is 0.326 e. The molecule has 0 aliphatic heterocycles. The van der Waals surface area contributed by atoms with Gasteiger partial charge in [0, 0.05) is 5.92 Å². The third-order valence-electron chi connectivity index (χ3n) is 3.00. The third-order valence-corrected chi connectivity index (χ3v) is 3.00. The number of hydrogen-bond donors (Lipinski definition) is 1. The monoisotopic (exact) mass is 167 g/mol. The summed E-state index contributed by atoms with van der Waals surface area (Å²) in [7, 11) is 1.40. The average Bonchev–Trinajstić information content (AvgIpc) is 2.62. The molecule has 2 rings (SSSR count). The zero-order valence-electron chi connectivity index (χ0n) is 7.12. The first-order valence-electron chi connectivity index (χ1n) is 4.22. The maximum atomic E-state index is 11.3. The first-order chi connectivity index (χ1) is 5.66. The SMILES string of the molecule is COC(=O)[C@]1(N)C[C@@H]2C=C[C@H]1C2. The molecule has 0 aromatic rings. The molecule has 3 atom stereocenters. The minimum absolute atomic E-state index is 0.204. The molecule has 1 fully saturated rings. The first kappa shape index (κ1) is 7.80. The van der Waals surface area contributed by atoms with Gasteiger partial charge >= 0.3 is 5.97 Å². The number of rotatable bonds is 1. The standard InChI is InChI=1S/C9H13NO2/c1-12-8(11)9(10)5-6-2-3-7(9)4-6/h2-3,6-7H,4-5,10H2,1H3/t6-,7+,9+/m1/s1. The van der Waals surface area contributed by atoms with E-state index in [1.165, 1.54) is 7.11 Å². The number of nitrogens with two attached hydrogens (primary N) is 1. The Morgan fingerprint density at radius 2 is 2.42 bits per heavy atom. The number of hydrogen-bond acceptors (Lipinski definition) is 3. The Hall–Kier alpha value is -0.830. The Morgan fingerprint density at radius 3 is 2.83 bits per heavy atom. The molecule has 0 aromatic carbocycles. The van der Waals surface area contributed by atoms with E-state index in [0.717, 1.165) is 12.8 Å². The van der Waals surface area contributed by atoms with Gasteiger partial charge in [0.05, 0.1) is 7.11 Å². The lowest BCUT2D eigenvalue weighted by molar-refractivity contribution is -0.148. The molecule has 12 heavy (non-hydrogen) atoms. The van der Waals surface area contributed by atoms with Crippen molar-refractivity contribution in [1.82, 2.24) is 0 Å². The molecule has 1 saturated carbocycles. The van der Waals surface area contributed by atoms with Gasteiger partial charge < -0.3 is 10.5 Å². The Morgan fingerprint density at radius 1 is 1.67 bits per heavy atom. The van der Waals surface area contributed by atoms with Crippen LogP contribution in [0.4, 0.5) is 0 Å². The molecule has 2 bridgehead atoms. The van der Waals surface area contributed by atoms with Crippen molar-refractivity contribution in [2.45, 2.75) is 18.4 Å². The van der Waals surface area contributed by atoms with Crippen LogP contribution in [0.1, 0.15) is 12.8 Å². The predicted octanol–water partition coefficient (Wildman–Crippen LogP) is 0.453. The minimum atomic E-state index is -0.728. The van der Waals surface area contributed by atoms with Crippen molar-refractivity contribution in [2.24, 2.45) is 17.6 Å². The summed E-state index contributed by atoms with van der Waals surface area (Å²) in [6.45, 7) is 0. The lowest BCUT2D eigenvalue weighted by Crippen LogP contribution is -2.51. The van der Waals surface area contributed by atoms with E-state index >= 15 is 0 Å². The molecule has 0 unspecified atom stereocenters. The van der Waals surface area contributed by atoms with Crippen molar-refractivity contribution in [2.75, 3.05) is 7.11 Å². The van der Waals surface area contributed by atoms with Crippen molar-refractivity contribution in [3.05, 3.63) is 12.2 Å². The molecule has 2 N–H and O–H groups in total. The molecule has 2 aliphatic carbocycles. The van der Waals surface area contributed by atoms with Gasteiger partial charge in [-0.25, -0.2) is 0 Å². The van der Waals surface area contributed by atoms with Crippen LogP contribution < -0.4 is 5.73 Å². The van der Waals surface area contributed by atoms with Gasteiger partial charge in [0.2, 0.25) is 0 Å². The summed E-state index contributed by atoms with van der Waals surface area (Å²) >= 11 is 0. The van der Waals surface area contributed by atoms with Gasteiger partial charge in [-0.1, -0.05) is 12.2 Å². The van der Waals surface area contributed by atoms with Crippen LogP contribution in [-0.2, 0) is 9.53 Å². The molecule has 2 aliphatic rings. The van der Waals surface area contributed by atoms with Crippen LogP contribution in [0.5, 0.6) is 0 Å². The molecule has 0 heterocycles. The maximum absolute atomic E-state index is 11.3. The number of esters is 1. The van der Waals surface area contributed by atoms with Gasteiger partial charge in [-0.05, 0) is 18.8 Å². The first-order valence-corrected chi connectivity index (χ1v) is 4.22. The summed E-state index contributed by atoms with van der Waals surface area (Å²) in [5.41, 5.74) is 5.24. The van der Waals surface area contributed by atoms with Crippen LogP contribution in [0.25, 0.3) is 0 Å². The third kappa shape index (κ3) is 0.829. The van der Waals surface area contributed by atoms with Gasteiger partial charge in [0.25, 0.3) is 0 Å². The summed E-state index contributed by atoms with van der Waals surface area (Å²) in [6.07, 6.45) is 5.97. The van der Waals surface area contributed by atoms with E-state index < -0.39 is 5.54 Å². The summed E-state index contributed by atoms with van der Waals surface area (Å²) in [5.74, 6) is 0.438. The van der Waals surface area contributed by atoms with Crippen molar-refractivity contribution >= 4 is 5.97 Å². The van der Waals surface area contributed by atoms with Gasteiger partial charge in [0.15, 0.2) is 0 Å². The van der Waals surface area contributed by atoms with Crippen molar-refractivity contribution < 1.29 is 9.53 Å². The fraction of sp³-hybridized carbons (Fsp3) is 0.667. The van der Waals surface area contributed by atoms with E-state index in [4.69, 9.17) is 10.5 Å². The van der Waals surface area contributed by atoms with Crippen LogP contribution >= 0.6 is 0 Å². The van der Waals surface area contributed by atoms with E-state index in [0.29, 0.717) is 5.92 Å². The molecular weight excluding hydrogens is 154 g/mol. The predicted molar refractivity (Wildman–Crippen MR) is 44.3 cm³/mol. The number of carbonyl (C=O) groups excluding carboxylic acids is 1. The second-order valence-electron chi connectivity index (χ2n) is 3.72. The van der Waals surface area contributed by atoms with E-state index in [9.17, 15) is 4.79 Å². The van der Waals surface area contributed by atoms with E-state index in [1.54, 1.807) is 0 Å². The number of allylic oxidation sites excluding steroid dienone is 1. The summed E-state index contributed by atoms with van der Waals surface area (Å²) in [4.78, 5) is 11.3. The van der Waals surface area contributed by atoms with E-state index in [-0.39, 0.29) is 11.9 Å². The fourth-order valence-corrected chi connectivity index (χ4v) is 2.32. The highest BCUT2D eigenvalue weighted by atomic mass is 16.5. The molecule has 3 nitrogen and oxygen atoms in total. The second-order valence-corrected chi connectivity index (χ2v) is 3.72. The Kier molecular flexibility index (Phi) is 1.51. The van der Waals surface area contributed by atoms with Crippen molar-refractivity contribution in [1.29, 1.82) is 0 Å². The molecule has 3 heteroatoms. The van der Waals surface area contributed by atoms with Gasteiger partial charge in [-0.3, -0.25) is 4.79 Å². The van der Waals surface area contributed by atoms with Gasteiger partial charge in [-0.15, -0.1) is 0 Å². The number of ether oxygens (including phenoxy) is 1. The summed E-state index contributed by atoms with van der Waals surface area (Å²) in [6, 6.07) is 0. The fourth-order valence-electron chi connectivity index (χ4n) is 2.32. The highest BCUT2D eigenvalue weighted by Crippen LogP contribution is 2.45. The smallest absolute Gasteiger partial charge is 0.326 e. The largest absolute Gasteiger partial charge is 0.468 e. The van der Waals surface area contributed by atoms with Crippen LogP contribution in [0.3, 0.4) is 0 Å². The lowest BCUT2D eigenvalue weighted by atomic mass is 9.86. The molecule has 0 amide bonds. The van der Waals surface area contributed by atoms with Crippen molar-refractivity contribution in [3.63, 3.8) is 0 Å². The van der Waals surface area contributed by atoms with Crippen LogP contribution in [0.15, 0.2) is 12.2 Å². The Bertz CT molecular complexity index is 249. The topological polar surface area (TPSA) is 52.3 Å². The lowest BCUT2D eigenvalue weighted by Gasteiger charge is -2.27. The van der Waals surface area contributed by atoms with Crippen molar-refractivity contribution in [3.8, 4) is 0 Å². The second kappa shape index (κ2) is 2.33. The highest BCUT2D eigenvalue weighted by molar-refractivity contribution is 5.82. The molecule has 0 aromatic heterocycles. The normalized spacial score (nSPS) is 43.5. The van der Waals surface area contributed by atoms with Gasteiger partial charge in [0.1, 0.15) is 5.54 Å². The average molecular weight is 167 g/mol. The Labute approximate surface area is 71.6 Å². The van der Waals surface area contributed by atoms with E-state index in [1.807, 2.05) is 6.08 Å². The highest BCUT2D eigenvalue weighted by Gasteiger charge is 2.51. The van der Waals surface area contributed by atoms with Crippen LogP contribution in [-0.4, -0.2) is 18.6 Å². The molecule has 0 spiro atoms. The zero-order chi connectivity index (χ0) is 8.77. The quantitative estimate of drug-likeness (QED) is 0.456. The molecule has 66 valence electrons. The molecule has 0 radical (unpaired) electrons. The Balaban J connectivity index is 2.23. The summed E-state index contributed by atoms with van der Waals surface area (Å²) < 4.78 is 4.69. The van der Waals surface area contributed by atoms with Crippen LogP contribution in [0, 0.1) is 11.8 Å². The minimum Gasteiger partial charge on any atom is -0.468 e. The summed E-state index contributed by atoms with van der Waals surface area (Å²) in [5, 5.41) is 0. The van der Waals surface area contributed by atoms with Gasteiger partial charge in [-0.2, -0.15) is 0 Å². The number of fused-ring (bicyclic) bond motifs is 2. The number of methoxy groups -OCH3 is 1. The van der Waals surface area contributed by atoms with Crippen LogP contribution in [0.2, 0.25) is 0 Å². The number of carbonyl (C=O) groups is 1. The zero-order valence-corrected chi connectivity index (χ0v) is 7.12. The molecule has 0 saturated heterocycles. The van der Waals surface area contributed by atoms with E-state index in [2.05, 4.69) is 6.08 Å². The molecular formula is C9H13NO2.